The Morgan fingerprint density at radius 3 is 2.81 bits per heavy atom. The fourth-order valence-electron chi connectivity index (χ4n) is 2.59. The molecule has 0 spiro atoms. The minimum Gasteiger partial charge on any atom is -0.324 e. The molecule has 1 aliphatic carbocycles. The third-order valence-electron chi connectivity index (χ3n) is 3.45. The maximum absolute atomic E-state index is 6.31. The number of hydrogen-bond acceptors (Lipinski definition) is 2. The number of hydrogen-bond donors (Lipinski definition) is 1. The van der Waals surface area contributed by atoms with Crippen molar-refractivity contribution in [3.63, 3.8) is 0 Å². The van der Waals surface area contributed by atoms with Gasteiger partial charge in [0.25, 0.3) is 0 Å². The van der Waals surface area contributed by atoms with Crippen molar-refractivity contribution >= 4 is 11.3 Å². The van der Waals surface area contributed by atoms with E-state index in [-0.39, 0.29) is 6.04 Å². The average molecular weight is 229 g/mol. The molecular weight excluding hydrogens is 214 g/mol. The normalized spacial score (nSPS) is 23.3. The summed E-state index contributed by atoms with van der Waals surface area (Å²) in [5.41, 5.74) is 9.10. The summed E-state index contributed by atoms with van der Waals surface area (Å²) < 4.78 is 0. The molecule has 0 amide bonds. The van der Waals surface area contributed by atoms with Gasteiger partial charge in [0.2, 0.25) is 0 Å². The molecule has 1 aliphatic rings. The first kappa shape index (κ1) is 10.1. The van der Waals surface area contributed by atoms with Gasteiger partial charge in [0, 0.05) is 10.9 Å². The van der Waals surface area contributed by atoms with Crippen molar-refractivity contribution in [2.24, 2.45) is 11.7 Å². The zero-order chi connectivity index (χ0) is 11.0. The Kier molecular flexibility index (Phi) is 2.54. The minimum absolute atomic E-state index is 0.221. The fourth-order valence-corrected chi connectivity index (χ4v) is 3.39. The van der Waals surface area contributed by atoms with E-state index in [2.05, 4.69) is 41.8 Å². The van der Waals surface area contributed by atoms with Crippen LogP contribution in [-0.2, 0) is 12.8 Å². The molecule has 0 radical (unpaired) electrons. The fraction of sp³-hybridized carbons (Fsp3) is 0.286. The first-order chi connectivity index (χ1) is 7.84. The number of benzene rings is 1. The highest BCUT2D eigenvalue weighted by atomic mass is 32.1. The van der Waals surface area contributed by atoms with Gasteiger partial charge in [-0.15, -0.1) is 11.3 Å². The summed E-state index contributed by atoms with van der Waals surface area (Å²) in [5, 5.41) is 2.14. The number of rotatable bonds is 2. The molecule has 0 bridgehead atoms. The van der Waals surface area contributed by atoms with Crippen molar-refractivity contribution in [3.8, 4) is 0 Å². The van der Waals surface area contributed by atoms with Crippen LogP contribution in [0.25, 0.3) is 0 Å². The maximum atomic E-state index is 6.31. The lowest BCUT2D eigenvalue weighted by Gasteiger charge is -2.14. The molecule has 2 N–H and O–H groups in total. The van der Waals surface area contributed by atoms with Crippen LogP contribution in [0.5, 0.6) is 0 Å². The third-order valence-corrected chi connectivity index (χ3v) is 4.35. The van der Waals surface area contributed by atoms with Gasteiger partial charge >= 0.3 is 0 Å². The van der Waals surface area contributed by atoms with Gasteiger partial charge in [-0.05, 0) is 41.3 Å². The second kappa shape index (κ2) is 4.04. The SMILES string of the molecule is NC1c2ccccc2CC1Cc1cccs1. The molecule has 2 atom stereocenters. The Morgan fingerprint density at radius 2 is 2.06 bits per heavy atom. The van der Waals surface area contributed by atoms with Crippen molar-refractivity contribution in [3.05, 3.63) is 57.8 Å². The van der Waals surface area contributed by atoms with Crippen LogP contribution in [0, 0.1) is 5.92 Å². The van der Waals surface area contributed by atoms with E-state index in [9.17, 15) is 0 Å². The van der Waals surface area contributed by atoms with Crippen LogP contribution in [-0.4, -0.2) is 0 Å². The Morgan fingerprint density at radius 1 is 1.19 bits per heavy atom. The summed E-state index contributed by atoms with van der Waals surface area (Å²) in [6, 6.07) is 13.1. The summed E-state index contributed by atoms with van der Waals surface area (Å²) in [7, 11) is 0. The predicted molar refractivity (Wildman–Crippen MR) is 68.6 cm³/mol. The number of nitrogens with two attached hydrogens (primary N) is 1. The Balaban J connectivity index is 1.82. The molecule has 0 fully saturated rings. The van der Waals surface area contributed by atoms with Gasteiger partial charge in [-0.2, -0.15) is 0 Å². The van der Waals surface area contributed by atoms with Gasteiger partial charge in [0.1, 0.15) is 0 Å². The van der Waals surface area contributed by atoms with Crippen molar-refractivity contribution in [1.29, 1.82) is 0 Å². The summed E-state index contributed by atoms with van der Waals surface area (Å²) in [6.07, 6.45) is 2.25. The van der Waals surface area contributed by atoms with Gasteiger partial charge in [0.05, 0.1) is 0 Å². The van der Waals surface area contributed by atoms with Gasteiger partial charge in [0.15, 0.2) is 0 Å². The van der Waals surface area contributed by atoms with E-state index in [4.69, 9.17) is 5.73 Å². The van der Waals surface area contributed by atoms with E-state index in [1.165, 1.54) is 16.0 Å². The largest absolute Gasteiger partial charge is 0.324 e. The van der Waals surface area contributed by atoms with E-state index in [1.807, 2.05) is 11.3 Å². The molecule has 1 nitrogen and oxygen atoms in total. The average Bonchev–Trinajstić information content (AvgIpc) is 2.90. The number of thiophene rings is 1. The quantitative estimate of drug-likeness (QED) is 0.841. The smallest absolute Gasteiger partial charge is 0.0332 e. The molecule has 0 saturated heterocycles. The van der Waals surface area contributed by atoms with Crippen LogP contribution in [0.3, 0.4) is 0 Å². The Bertz CT molecular complexity index is 473. The van der Waals surface area contributed by atoms with Crippen molar-refractivity contribution < 1.29 is 0 Å². The Hall–Kier alpha value is -1.12. The predicted octanol–water partition coefficient (Wildman–Crippen LogP) is 3.16. The monoisotopic (exact) mass is 229 g/mol. The molecule has 2 unspecified atom stereocenters. The summed E-state index contributed by atoms with van der Waals surface area (Å²) in [6.45, 7) is 0. The van der Waals surface area contributed by atoms with Crippen LogP contribution in [0.15, 0.2) is 41.8 Å². The van der Waals surface area contributed by atoms with E-state index in [0.717, 1.165) is 12.8 Å². The molecule has 1 aromatic heterocycles. The molecule has 0 aliphatic heterocycles. The highest BCUT2D eigenvalue weighted by Gasteiger charge is 2.29. The van der Waals surface area contributed by atoms with E-state index in [0.29, 0.717) is 5.92 Å². The second-order valence-electron chi connectivity index (χ2n) is 4.47. The highest BCUT2D eigenvalue weighted by molar-refractivity contribution is 7.09. The van der Waals surface area contributed by atoms with Gasteiger partial charge in [-0.3, -0.25) is 0 Å². The van der Waals surface area contributed by atoms with E-state index in [1.54, 1.807) is 0 Å². The summed E-state index contributed by atoms with van der Waals surface area (Å²) in [4.78, 5) is 1.45. The maximum Gasteiger partial charge on any atom is 0.0332 e. The molecule has 16 heavy (non-hydrogen) atoms. The lowest BCUT2D eigenvalue weighted by Crippen LogP contribution is -2.18. The van der Waals surface area contributed by atoms with Gasteiger partial charge in [-0.1, -0.05) is 30.3 Å². The zero-order valence-corrected chi connectivity index (χ0v) is 9.91. The van der Waals surface area contributed by atoms with Crippen molar-refractivity contribution in [1.82, 2.24) is 0 Å². The third kappa shape index (κ3) is 1.68. The van der Waals surface area contributed by atoms with Crippen LogP contribution in [0.4, 0.5) is 0 Å². The van der Waals surface area contributed by atoms with Gasteiger partial charge < -0.3 is 5.73 Å². The highest BCUT2D eigenvalue weighted by Crippen LogP contribution is 2.36. The molecule has 2 heteroatoms. The second-order valence-corrected chi connectivity index (χ2v) is 5.50. The first-order valence-corrected chi connectivity index (χ1v) is 6.58. The molecule has 3 rings (SSSR count). The van der Waals surface area contributed by atoms with E-state index >= 15 is 0 Å². The van der Waals surface area contributed by atoms with Crippen LogP contribution in [0.2, 0.25) is 0 Å². The molecule has 1 aromatic carbocycles. The summed E-state index contributed by atoms with van der Waals surface area (Å²) in [5.74, 6) is 0.580. The lowest BCUT2D eigenvalue weighted by molar-refractivity contribution is 0.468. The lowest BCUT2D eigenvalue weighted by atomic mass is 9.97. The summed E-state index contributed by atoms with van der Waals surface area (Å²) >= 11 is 1.83. The van der Waals surface area contributed by atoms with Crippen LogP contribution < -0.4 is 5.73 Å². The molecule has 0 saturated carbocycles. The van der Waals surface area contributed by atoms with E-state index < -0.39 is 0 Å². The molecule has 2 aromatic rings. The van der Waals surface area contributed by atoms with Crippen LogP contribution in [0.1, 0.15) is 22.0 Å². The zero-order valence-electron chi connectivity index (χ0n) is 9.10. The van der Waals surface area contributed by atoms with Crippen LogP contribution >= 0.6 is 11.3 Å². The topological polar surface area (TPSA) is 26.0 Å². The first-order valence-electron chi connectivity index (χ1n) is 5.70. The Labute approximate surface area is 99.9 Å². The number of fused-ring (bicyclic) bond motifs is 1. The molecule has 1 heterocycles. The minimum atomic E-state index is 0.221. The van der Waals surface area contributed by atoms with Crippen molar-refractivity contribution in [2.45, 2.75) is 18.9 Å². The molecular formula is C14H15NS. The molecule has 82 valence electrons. The standard InChI is InChI=1S/C14H15NS/c15-14-11(9-12-5-3-7-16-12)8-10-4-1-2-6-13(10)14/h1-7,11,14H,8-9,15H2. The van der Waals surface area contributed by atoms with Crippen molar-refractivity contribution in [2.75, 3.05) is 0 Å². The van der Waals surface area contributed by atoms with Gasteiger partial charge in [-0.25, -0.2) is 0 Å².